The van der Waals surface area contributed by atoms with Crippen molar-refractivity contribution >= 4 is 5.91 Å². The molecule has 1 rings (SSSR count). The van der Waals surface area contributed by atoms with Gasteiger partial charge in [-0.15, -0.1) is 0 Å². The van der Waals surface area contributed by atoms with Crippen LogP contribution in [0.5, 0.6) is 5.75 Å². The maximum atomic E-state index is 11.6. The Kier molecular flexibility index (Phi) is 5.16. The van der Waals surface area contributed by atoms with Crippen LogP contribution in [0.3, 0.4) is 0 Å². The lowest BCUT2D eigenvalue weighted by Gasteiger charge is -2.20. The number of nitrogens with zero attached hydrogens (tertiary/aromatic N) is 1. The normalized spacial score (nSPS) is 10.3. The largest absolute Gasteiger partial charge is 0.496 e. The molecule has 0 saturated heterocycles. The summed E-state index contributed by atoms with van der Waals surface area (Å²) >= 11 is 0. The Morgan fingerprint density at radius 1 is 1.39 bits per heavy atom. The first-order chi connectivity index (χ1) is 8.49. The van der Waals surface area contributed by atoms with E-state index in [1.807, 2.05) is 19.9 Å². The highest BCUT2D eigenvalue weighted by Gasteiger charge is 2.13. The number of aryl methyl sites for hydroxylation is 2. The van der Waals surface area contributed by atoms with Gasteiger partial charge in [-0.25, -0.2) is 0 Å². The van der Waals surface area contributed by atoms with Gasteiger partial charge in [-0.05, 0) is 19.4 Å². The molecule has 0 aliphatic heterocycles. The minimum atomic E-state index is -0.118. The van der Waals surface area contributed by atoms with Crippen molar-refractivity contribution in [2.45, 2.75) is 26.8 Å². The van der Waals surface area contributed by atoms with E-state index in [2.05, 4.69) is 6.07 Å². The fraction of sp³-hybridized carbons (Fsp3) is 0.500. The van der Waals surface area contributed by atoms with Gasteiger partial charge in [-0.1, -0.05) is 17.7 Å². The molecule has 100 valence electrons. The van der Waals surface area contributed by atoms with Gasteiger partial charge in [0.1, 0.15) is 5.75 Å². The van der Waals surface area contributed by atoms with E-state index in [1.54, 1.807) is 19.1 Å². The number of hydrogen-bond donors (Lipinski definition) is 1. The average molecular weight is 251 g/mol. The molecule has 1 amide bonds. The molecule has 0 unspecified atom stereocenters. The zero-order valence-electron chi connectivity index (χ0n) is 11.5. The predicted octanol–water partition coefficient (Wildman–Crippen LogP) is 1.65. The van der Waals surface area contributed by atoms with E-state index in [4.69, 9.17) is 9.84 Å². The monoisotopic (exact) mass is 251 g/mol. The maximum Gasteiger partial charge on any atom is 0.224 e. The van der Waals surface area contributed by atoms with Crippen LogP contribution in [0.25, 0.3) is 0 Å². The van der Waals surface area contributed by atoms with Crippen LogP contribution in [-0.4, -0.2) is 36.7 Å². The zero-order valence-corrected chi connectivity index (χ0v) is 11.5. The molecule has 0 spiro atoms. The zero-order chi connectivity index (χ0) is 13.7. The van der Waals surface area contributed by atoms with Gasteiger partial charge in [0.05, 0.1) is 13.7 Å². The van der Waals surface area contributed by atoms with Crippen molar-refractivity contribution in [3.8, 4) is 5.75 Å². The van der Waals surface area contributed by atoms with Gasteiger partial charge in [0.25, 0.3) is 0 Å². The molecule has 1 aromatic carbocycles. The van der Waals surface area contributed by atoms with Crippen molar-refractivity contribution < 1.29 is 14.6 Å². The highest BCUT2D eigenvalue weighted by atomic mass is 16.5. The molecule has 4 nitrogen and oxygen atoms in total. The highest BCUT2D eigenvalue weighted by molar-refractivity contribution is 5.76. The lowest BCUT2D eigenvalue weighted by atomic mass is 10.0. The van der Waals surface area contributed by atoms with Crippen molar-refractivity contribution in [2.24, 2.45) is 0 Å². The van der Waals surface area contributed by atoms with Gasteiger partial charge >= 0.3 is 0 Å². The summed E-state index contributed by atoms with van der Waals surface area (Å²) in [5, 5.41) is 8.77. The molecule has 0 aliphatic carbocycles. The number of aliphatic hydroxyl groups is 1. The van der Waals surface area contributed by atoms with Gasteiger partial charge in [0.2, 0.25) is 5.91 Å². The second kappa shape index (κ2) is 6.40. The number of ether oxygens (including phenoxy) is 1. The van der Waals surface area contributed by atoms with Gasteiger partial charge < -0.3 is 14.7 Å². The Balaban J connectivity index is 2.93. The van der Waals surface area contributed by atoms with E-state index in [1.165, 1.54) is 0 Å². The van der Waals surface area contributed by atoms with Crippen LogP contribution in [0, 0.1) is 13.8 Å². The van der Waals surface area contributed by atoms with E-state index in [-0.39, 0.29) is 18.9 Å². The van der Waals surface area contributed by atoms with Crippen molar-refractivity contribution in [3.63, 3.8) is 0 Å². The van der Waals surface area contributed by atoms with Crippen LogP contribution in [0.4, 0.5) is 0 Å². The summed E-state index contributed by atoms with van der Waals surface area (Å²) in [4.78, 5) is 13.2. The quantitative estimate of drug-likeness (QED) is 0.865. The number of aliphatic hydroxyl groups excluding tert-OH is 1. The van der Waals surface area contributed by atoms with Gasteiger partial charge in [-0.3, -0.25) is 4.79 Å². The van der Waals surface area contributed by atoms with E-state index in [0.29, 0.717) is 6.54 Å². The molecule has 0 aromatic heterocycles. The Morgan fingerprint density at radius 3 is 2.61 bits per heavy atom. The van der Waals surface area contributed by atoms with Crippen molar-refractivity contribution in [1.82, 2.24) is 4.90 Å². The molecule has 1 N–H and O–H groups in total. The number of benzene rings is 1. The van der Waals surface area contributed by atoms with Gasteiger partial charge in [0, 0.05) is 25.6 Å². The van der Waals surface area contributed by atoms with E-state index in [0.717, 1.165) is 22.4 Å². The van der Waals surface area contributed by atoms with Crippen LogP contribution >= 0.6 is 0 Å². The summed E-state index contributed by atoms with van der Waals surface area (Å²) in [6, 6.07) is 4.08. The fourth-order valence-corrected chi connectivity index (χ4v) is 2.08. The van der Waals surface area contributed by atoms with Crippen LogP contribution in [0.15, 0.2) is 12.1 Å². The molecule has 0 atom stereocenters. The molecule has 0 radical (unpaired) electrons. The van der Waals surface area contributed by atoms with Crippen LogP contribution < -0.4 is 4.74 Å². The lowest BCUT2D eigenvalue weighted by Crippen LogP contribution is -2.27. The summed E-state index contributed by atoms with van der Waals surface area (Å²) in [6.45, 7) is 4.38. The summed E-state index contributed by atoms with van der Waals surface area (Å²) in [5.74, 6) is 0.753. The number of carbonyl (C=O) groups is 1. The molecule has 4 heteroatoms. The van der Waals surface area contributed by atoms with Crippen molar-refractivity contribution in [3.05, 3.63) is 28.8 Å². The topological polar surface area (TPSA) is 49.8 Å². The van der Waals surface area contributed by atoms with Crippen LogP contribution in [0.2, 0.25) is 0 Å². The highest BCUT2D eigenvalue weighted by Crippen LogP contribution is 2.26. The first kappa shape index (κ1) is 14.5. The van der Waals surface area contributed by atoms with E-state index >= 15 is 0 Å². The third-order valence-electron chi connectivity index (χ3n) is 2.86. The average Bonchev–Trinajstić information content (AvgIpc) is 2.28. The number of methoxy groups -OCH3 is 1. The Bertz CT molecular complexity index is 429. The third-order valence-corrected chi connectivity index (χ3v) is 2.86. The summed E-state index contributed by atoms with van der Waals surface area (Å²) in [5.41, 5.74) is 3.20. The maximum absolute atomic E-state index is 11.6. The minimum Gasteiger partial charge on any atom is -0.496 e. The standard InChI is InChI=1S/C14H21NO3/c1-10-7-11(2)14(18-4)12(8-10)9-15(3)13(17)5-6-16/h7-8,16H,5-6,9H2,1-4H3. The fourth-order valence-electron chi connectivity index (χ4n) is 2.08. The number of carbonyl (C=O) groups excluding carboxylic acids is 1. The predicted molar refractivity (Wildman–Crippen MR) is 70.6 cm³/mol. The second-order valence-electron chi connectivity index (χ2n) is 4.50. The second-order valence-corrected chi connectivity index (χ2v) is 4.50. The molecule has 0 fully saturated rings. The van der Waals surface area contributed by atoms with Crippen molar-refractivity contribution in [1.29, 1.82) is 0 Å². The molecule has 0 saturated carbocycles. The minimum absolute atomic E-state index is 0.0706. The van der Waals surface area contributed by atoms with E-state index in [9.17, 15) is 4.79 Å². The van der Waals surface area contributed by atoms with Gasteiger partial charge in [-0.2, -0.15) is 0 Å². The van der Waals surface area contributed by atoms with Crippen molar-refractivity contribution in [2.75, 3.05) is 20.8 Å². The molecular formula is C14H21NO3. The van der Waals surface area contributed by atoms with Crippen LogP contribution in [-0.2, 0) is 11.3 Å². The summed E-state index contributed by atoms with van der Waals surface area (Å²) in [6.07, 6.45) is 0.156. The van der Waals surface area contributed by atoms with Gasteiger partial charge in [0.15, 0.2) is 0 Å². The molecule has 0 bridgehead atoms. The smallest absolute Gasteiger partial charge is 0.224 e. The first-order valence-corrected chi connectivity index (χ1v) is 5.98. The summed E-state index contributed by atoms with van der Waals surface area (Å²) in [7, 11) is 3.37. The van der Waals surface area contributed by atoms with Crippen LogP contribution in [0.1, 0.15) is 23.1 Å². The Labute approximate surface area is 108 Å². The number of hydrogen-bond acceptors (Lipinski definition) is 3. The first-order valence-electron chi connectivity index (χ1n) is 5.98. The molecule has 1 aromatic rings. The SMILES string of the molecule is COc1c(C)cc(C)cc1CN(C)C(=O)CCO. The molecule has 0 aliphatic rings. The summed E-state index contributed by atoms with van der Waals surface area (Å²) < 4.78 is 5.38. The van der Waals surface area contributed by atoms with E-state index < -0.39 is 0 Å². The third kappa shape index (κ3) is 3.47. The number of amides is 1. The molecule has 18 heavy (non-hydrogen) atoms. The molecular weight excluding hydrogens is 230 g/mol. The number of rotatable bonds is 5. The Hall–Kier alpha value is -1.55. The Morgan fingerprint density at radius 2 is 2.06 bits per heavy atom. The molecule has 0 heterocycles. The lowest BCUT2D eigenvalue weighted by molar-refractivity contribution is -0.131.